The average molecular weight is 642 g/mol. The van der Waals surface area contributed by atoms with Gasteiger partial charge < -0.3 is 14.0 Å². The number of hydrogen-bond donors (Lipinski definition) is 0. The zero-order chi connectivity index (χ0) is 33.3. The van der Waals surface area contributed by atoms with Gasteiger partial charge in [0, 0.05) is 57.8 Å². The molecule has 240 valence electrons. The van der Waals surface area contributed by atoms with Gasteiger partial charge >= 0.3 is 0 Å². The molecule has 0 N–H and O–H groups in total. The first kappa shape index (κ1) is 29.3. The predicted octanol–water partition coefficient (Wildman–Crippen LogP) is 9.17. The molecular formula is C42H35N5O2. The van der Waals surface area contributed by atoms with Gasteiger partial charge in [-0.2, -0.15) is 0 Å². The fraction of sp³-hybridized carbons (Fsp3) is 0.190. The van der Waals surface area contributed by atoms with Crippen LogP contribution in [0.5, 0.6) is 0 Å². The highest BCUT2D eigenvalue weighted by atomic mass is 16.5. The lowest BCUT2D eigenvalue weighted by molar-refractivity contribution is 0.131. The second kappa shape index (κ2) is 10.9. The Morgan fingerprint density at radius 2 is 1.08 bits per heavy atom. The first-order chi connectivity index (χ1) is 23.7. The Labute approximate surface area is 284 Å². The molecule has 0 spiro atoms. The van der Waals surface area contributed by atoms with Gasteiger partial charge in [-0.25, -0.2) is 9.98 Å². The highest BCUT2D eigenvalue weighted by molar-refractivity contribution is 6.19. The third-order valence-corrected chi connectivity index (χ3v) is 9.35. The summed E-state index contributed by atoms with van der Waals surface area (Å²) >= 11 is 0. The number of pyridine rings is 2. The Morgan fingerprint density at radius 1 is 0.531 bits per heavy atom. The molecule has 0 saturated carbocycles. The Morgan fingerprint density at radius 3 is 1.67 bits per heavy atom. The number of para-hydroxylation sites is 1. The minimum Gasteiger partial charge on any atom is -0.469 e. The van der Waals surface area contributed by atoms with Crippen LogP contribution in [0.15, 0.2) is 126 Å². The number of ether oxygens (including phenoxy) is 2. The van der Waals surface area contributed by atoms with Crippen molar-refractivity contribution in [2.24, 2.45) is 9.98 Å². The minimum absolute atomic E-state index is 0.296. The van der Waals surface area contributed by atoms with Crippen molar-refractivity contribution in [2.45, 2.75) is 38.9 Å². The molecule has 0 unspecified atom stereocenters. The van der Waals surface area contributed by atoms with E-state index in [1.54, 1.807) is 0 Å². The van der Waals surface area contributed by atoms with Gasteiger partial charge in [-0.15, -0.1) is 0 Å². The van der Waals surface area contributed by atoms with Crippen LogP contribution in [0.4, 0.5) is 0 Å². The van der Waals surface area contributed by atoms with Crippen molar-refractivity contribution >= 4 is 44.4 Å². The molecule has 0 bridgehead atoms. The third-order valence-electron chi connectivity index (χ3n) is 9.35. The fourth-order valence-corrected chi connectivity index (χ4v) is 6.95. The van der Waals surface area contributed by atoms with Gasteiger partial charge in [0.15, 0.2) is 0 Å². The largest absolute Gasteiger partial charge is 0.469 e. The van der Waals surface area contributed by atoms with Crippen molar-refractivity contribution in [3.63, 3.8) is 0 Å². The van der Waals surface area contributed by atoms with Crippen LogP contribution in [0.25, 0.3) is 60.5 Å². The molecule has 2 aliphatic heterocycles. The quantitative estimate of drug-likeness (QED) is 0.188. The molecular weight excluding hydrogens is 606 g/mol. The SMILES string of the molecule is CC1(C)CN=C(c2cncc(-c3ccc4c(ccc5c6ccc(-c7cncc(C8=NCC(C)(C)O8)c7)cc6n(-c6ccccc6)c45)c3)c2)O1. The van der Waals surface area contributed by atoms with Crippen molar-refractivity contribution in [3.8, 4) is 27.9 Å². The smallest absolute Gasteiger partial charge is 0.218 e. The summed E-state index contributed by atoms with van der Waals surface area (Å²) in [5.41, 5.74) is 8.82. The molecule has 7 nitrogen and oxygen atoms in total. The van der Waals surface area contributed by atoms with Gasteiger partial charge in [0.25, 0.3) is 0 Å². The summed E-state index contributed by atoms with van der Waals surface area (Å²) in [6, 6.07) is 32.7. The van der Waals surface area contributed by atoms with Gasteiger partial charge in [-0.3, -0.25) is 9.97 Å². The highest BCUT2D eigenvalue weighted by Crippen LogP contribution is 2.39. The third kappa shape index (κ3) is 5.13. The van der Waals surface area contributed by atoms with Crippen molar-refractivity contribution < 1.29 is 9.47 Å². The molecule has 3 aromatic heterocycles. The van der Waals surface area contributed by atoms with Gasteiger partial charge in [-0.1, -0.05) is 54.6 Å². The molecule has 9 rings (SSSR count). The van der Waals surface area contributed by atoms with Crippen LogP contribution in [-0.2, 0) is 9.47 Å². The van der Waals surface area contributed by atoms with E-state index < -0.39 is 0 Å². The normalized spacial score (nSPS) is 16.5. The molecule has 0 amide bonds. The second-order valence-corrected chi connectivity index (χ2v) is 14.2. The molecule has 0 atom stereocenters. The lowest BCUT2D eigenvalue weighted by atomic mass is 9.99. The van der Waals surface area contributed by atoms with Gasteiger partial charge in [0.2, 0.25) is 11.8 Å². The number of aromatic nitrogens is 3. The predicted molar refractivity (Wildman–Crippen MR) is 198 cm³/mol. The molecule has 2 aliphatic rings. The molecule has 7 heteroatoms. The van der Waals surface area contributed by atoms with Crippen LogP contribution in [0.1, 0.15) is 38.8 Å². The van der Waals surface area contributed by atoms with E-state index >= 15 is 0 Å². The van der Waals surface area contributed by atoms with Crippen molar-refractivity contribution in [2.75, 3.05) is 13.1 Å². The van der Waals surface area contributed by atoms with Crippen LogP contribution in [0.2, 0.25) is 0 Å². The number of benzene rings is 4. The molecule has 0 saturated heterocycles. The van der Waals surface area contributed by atoms with Crippen LogP contribution >= 0.6 is 0 Å². The zero-order valence-corrected chi connectivity index (χ0v) is 27.9. The number of hydrogen-bond acceptors (Lipinski definition) is 6. The Kier molecular flexibility index (Phi) is 6.50. The maximum Gasteiger partial charge on any atom is 0.218 e. The highest BCUT2D eigenvalue weighted by Gasteiger charge is 2.29. The van der Waals surface area contributed by atoms with E-state index in [2.05, 4.69) is 143 Å². The molecule has 7 aromatic rings. The standard InChI is InChI=1S/C42H35N5O2/c1-41(2)24-45-39(48-41)31-17-29(20-43-22-31)26-10-13-34-28(16-26)12-15-36-35-14-11-27(19-37(35)47(38(34)36)33-8-6-5-7-9-33)30-18-32(23-44-21-30)40-46-25-42(3,4)49-40/h5-23H,24-25H2,1-4H3. The maximum absolute atomic E-state index is 6.12. The molecule has 49 heavy (non-hydrogen) atoms. The van der Waals surface area contributed by atoms with Crippen molar-refractivity contribution in [3.05, 3.63) is 127 Å². The number of fused-ring (bicyclic) bond motifs is 5. The molecule has 0 aliphatic carbocycles. The Balaban J connectivity index is 1.18. The molecule has 4 aromatic carbocycles. The average Bonchev–Trinajstić information content (AvgIpc) is 3.79. The fourth-order valence-electron chi connectivity index (χ4n) is 6.95. The summed E-state index contributed by atoms with van der Waals surface area (Å²) in [7, 11) is 0. The van der Waals surface area contributed by atoms with Crippen LogP contribution in [0, 0.1) is 0 Å². The van der Waals surface area contributed by atoms with E-state index in [4.69, 9.17) is 9.47 Å². The molecule has 5 heterocycles. The van der Waals surface area contributed by atoms with E-state index in [0.29, 0.717) is 24.9 Å². The van der Waals surface area contributed by atoms with Crippen LogP contribution < -0.4 is 0 Å². The number of aliphatic imine (C=N–C) groups is 2. The van der Waals surface area contributed by atoms with Crippen molar-refractivity contribution in [1.82, 2.24) is 14.5 Å². The summed E-state index contributed by atoms with van der Waals surface area (Å²) in [6.07, 6.45) is 7.47. The lowest BCUT2D eigenvalue weighted by Gasteiger charge is -2.17. The first-order valence-corrected chi connectivity index (χ1v) is 16.7. The molecule has 0 fully saturated rings. The summed E-state index contributed by atoms with van der Waals surface area (Å²) in [6.45, 7) is 9.49. The van der Waals surface area contributed by atoms with E-state index in [0.717, 1.165) is 50.0 Å². The van der Waals surface area contributed by atoms with E-state index in [1.807, 2.05) is 24.8 Å². The summed E-state index contributed by atoms with van der Waals surface area (Å²) < 4.78 is 14.6. The summed E-state index contributed by atoms with van der Waals surface area (Å²) in [5.74, 6) is 1.30. The monoisotopic (exact) mass is 641 g/mol. The van der Waals surface area contributed by atoms with E-state index in [1.165, 1.54) is 21.7 Å². The van der Waals surface area contributed by atoms with Gasteiger partial charge in [0.05, 0.1) is 35.2 Å². The van der Waals surface area contributed by atoms with E-state index in [-0.39, 0.29) is 11.2 Å². The minimum atomic E-state index is -0.303. The summed E-state index contributed by atoms with van der Waals surface area (Å²) in [5, 5.41) is 4.74. The number of rotatable bonds is 5. The molecule has 0 radical (unpaired) electrons. The topological polar surface area (TPSA) is 73.9 Å². The first-order valence-electron chi connectivity index (χ1n) is 16.7. The van der Waals surface area contributed by atoms with Crippen LogP contribution in [0.3, 0.4) is 0 Å². The Bertz CT molecular complexity index is 2510. The van der Waals surface area contributed by atoms with Crippen molar-refractivity contribution in [1.29, 1.82) is 0 Å². The lowest BCUT2D eigenvalue weighted by Crippen LogP contribution is -2.24. The number of nitrogens with zero attached hydrogens (tertiary/aromatic N) is 5. The Hall–Kier alpha value is -5.82. The second-order valence-electron chi connectivity index (χ2n) is 14.2. The maximum atomic E-state index is 6.12. The van der Waals surface area contributed by atoms with Gasteiger partial charge in [0.1, 0.15) is 11.2 Å². The zero-order valence-electron chi connectivity index (χ0n) is 27.9. The van der Waals surface area contributed by atoms with Crippen LogP contribution in [-0.4, -0.2) is 50.6 Å². The van der Waals surface area contributed by atoms with Gasteiger partial charge in [-0.05, 0) is 80.6 Å². The van der Waals surface area contributed by atoms with E-state index in [9.17, 15) is 0 Å². The summed E-state index contributed by atoms with van der Waals surface area (Å²) in [4.78, 5) is 18.4.